The minimum absolute atomic E-state index is 0.0783. The highest BCUT2D eigenvalue weighted by molar-refractivity contribution is 6.32. The second-order valence-electron chi connectivity index (χ2n) is 3.69. The molecule has 0 amide bonds. The molecule has 0 radical (unpaired) electrons. The van der Waals surface area contributed by atoms with Crippen LogP contribution in [-0.4, -0.2) is 18.4 Å². The lowest BCUT2D eigenvalue weighted by molar-refractivity contribution is -0.154. The summed E-state index contributed by atoms with van der Waals surface area (Å²) in [5.41, 5.74) is -0.0783. The second kappa shape index (κ2) is 3.51. The number of hydrogen-bond acceptors (Lipinski definition) is 3. The van der Waals surface area contributed by atoms with Gasteiger partial charge in [-0.3, -0.25) is 4.79 Å². The van der Waals surface area contributed by atoms with Gasteiger partial charge in [0.2, 0.25) is 5.78 Å². The van der Waals surface area contributed by atoms with Gasteiger partial charge in [0.25, 0.3) is 0 Å². The van der Waals surface area contributed by atoms with Crippen LogP contribution in [0, 0.1) is 5.41 Å². The first-order valence-corrected chi connectivity index (χ1v) is 3.50. The van der Waals surface area contributed by atoms with Crippen molar-refractivity contribution in [1.82, 2.24) is 0 Å². The first-order chi connectivity index (χ1) is 4.83. The fraction of sp³-hybridized carbons (Fsp3) is 0.750. The molecule has 11 heavy (non-hydrogen) atoms. The van der Waals surface area contributed by atoms with Crippen LogP contribution in [-0.2, 0) is 14.3 Å². The predicted octanol–water partition coefficient (Wildman–Crippen LogP) is 1.16. The molecule has 0 atom stereocenters. The minimum Gasteiger partial charge on any atom is -0.459 e. The van der Waals surface area contributed by atoms with E-state index in [0.717, 1.165) is 0 Å². The van der Waals surface area contributed by atoms with Crippen LogP contribution in [0.3, 0.4) is 0 Å². The van der Waals surface area contributed by atoms with E-state index in [4.69, 9.17) is 0 Å². The third-order valence-electron chi connectivity index (χ3n) is 0.924. The Morgan fingerprint density at radius 2 is 1.73 bits per heavy atom. The monoisotopic (exact) mass is 158 g/mol. The molecule has 0 aliphatic carbocycles. The summed E-state index contributed by atoms with van der Waals surface area (Å²) >= 11 is 0. The van der Waals surface area contributed by atoms with Gasteiger partial charge in [-0.15, -0.1) is 0 Å². The van der Waals surface area contributed by atoms with E-state index in [9.17, 15) is 9.59 Å². The Bertz CT molecular complexity index is 165. The number of rotatable bonds is 2. The SMILES string of the molecule is CC(=O)C(=O)OCC(C)(C)C. The zero-order valence-corrected chi connectivity index (χ0v) is 7.43. The third-order valence-corrected chi connectivity index (χ3v) is 0.924. The summed E-state index contributed by atoms with van der Waals surface area (Å²) in [5, 5.41) is 0. The summed E-state index contributed by atoms with van der Waals surface area (Å²) in [6.45, 7) is 7.28. The standard InChI is InChI=1S/C8H14O3/c1-6(9)7(10)11-5-8(2,3)4/h5H2,1-4H3. The molecule has 0 fully saturated rings. The number of carbonyl (C=O) groups is 2. The van der Waals surface area contributed by atoms with Crippen LogP contribution in [0.15, 0.2) is 0 Å². The molecule has 3 heteroatoms. The maximum absolute atomic E-state index is 10.6. The van der Waals surface area contributed by atoms with Crippen molar-refractivity contribution in [2.45, 2.75) is 27.7 Å². The van der Waals surface area contributed by atoms with E-state index < -0.39 is 11.8 Å². The van der Waals surface area contributed by atoms with Crippen molar-refractivity contribution in [2.75, 3.05) is 6.61 Å². The molecule has 64 valence electrons. The van der Waals surface area contributed by atoms with Crippen LogP contribution in [0.1, 0.15) is 27.7 Å². The van der Waals surface area contributed by atoms with E-state index in [-0.39, 0.29) is 12.0 Å². The molecule has 0 aliphatic heterocycles. The molecule has 0 unspecified atom stereocenters. The van der Waals surface area contributed by atoms with Crippen molar-refractivity contribution < 1.29 is 14.3 Å². The van der Waals surface area contributed by atoms with Gasteiger partial charge in [0, 0.05) is 6.92 Å². The number of esters is 1. The minimum atomic E-state index is -0.750. The molecule has 0 spiro atoms. The summed E-state index contributed by atoms with van der Waals surface area (Å²) in [5.74, 6) is -1.30. The highest BCUT2D eigenvalue weighted by Crippen LogP contribution is 2.12. The number of ether oxygens (including phenoxy) is 1. The van der Waals surface area contributed by atoms with E-state index in [2.05, 4.69) is 4.74 Å². The van der Waals surface area contributed by atoms with Crippen LogP contribution in [0.2, 0.25) is 0 Å². The number of Topliss-reactive ketones (excluding diaryl/α,β-unsaturated/α-hetero) is 1. The molecule has 0 saturated heterocycles. The Kier molecular flexibility index (Phi) is 3.23. The van der Waals surface area contributed by atoms with E-state index in [1.807, 2.05) is 20.8 Å². The lowest BCUT2D eigenvalue weighted by Gasteiger charge is -2.16. The fourth-order valence-electron chi connectivity index (χ4n) is 0.384. The largest absolute Gasteiger partial charge is 0.459 e. The summed E-state index contributed by atoms with van der Waals surface area (Å²) in [6, 6.07) is 0. The van der Waals surface area contributed by atoms with Gasteiger partial charge >= 0.3 is 5.97 Å². The summed E-state index contributed by atoms with van der Waals surface area (Å²) in [7, 11) is 0. The lowest BCUT2D eigenvalue weighted by atomic mass is 9.99. The van der Waals surface area contributed by atoms with Crippen LogP contribution in [0.5, 0.6) is 0 Å². The molecule has 0 heterocycles. The summed E-state index contributed by atoms with van der Waals surface area (Å²) in [6.07, 6.45) is 0. The summed E-state index contributed by atoms with van der Waals surface area (Å²) < 4.78 is 4.68. The van der Waals surface area contributed by atoms with Crippen molar-refractivity contribution in [3.63, 3.8) is 0 Å². The smallest absolute Gasteiger partial charge is 0.374 e. The van der Waals surface area contributed by atoms with Crippen molar-refractivity contribution in [2.24, 2.45) is 5.41 Å². The third kappa shape index (κ3) is 5.58. The quantitative estimate of drug-likeness (QED) is 0.447. The zero-order chi connectivity index (χ0) is 9.07. The number of ketones is 1. The Balaban J connectivity index is 3.73. The van der Waals surface area contributed by atoms with E-state index in [1.165, 1.54) is 6.92 Å². The average molecular weight is 158 g/mol. The second-order valence-corrected chi connectivity index (χ2v) is 3.69. The molecule has 0 saturated carbocycles. The van der Waals surface area contributed by atoms with Crippen LogP contribution < -0.4 is 0 Å². The first kappa shape index (κ1) is 10.1. The van der Waals surface area contributed by atoms with Gasteiger partial charge in [0.15, 0.2) is 0 Å². The Morgan fingerprint density at radius 1 is 1.27 bits per heavy atom. The molecule has 0 aliphatic rings. The molecule has 0 rings (SSSR count). The topological polar surface area (TPSA) is 43.4 Å². The Morgan fingerprint density at radius 3 is 2.00 bits per heavy atom. The molecule has 0 N–H and O–H groups in total. The van der Waals surface area contributed by atoms with Gasteiger partial charge in [0.05, 0.1) is 6.61 Å². The lowest BCUT2D eigenvalue weighted by Crippen LogP contribution is -2.21. The van der Waals surface area contributed by atoms with Gasteiger partial charge in [-0.05, 0) is 5.41 Å². The van der Waals surface area contributed by atoms with Crippen LogP contribution in [0.25, 0.3) is 0 Å². The van der Waals surface area contributed by atoms with Crippen molar-refractivity contribution >= 4 is 11.8 Å². The maximum atomic E-state index is 10.6. The van der Waals surface area contributed by atoms with Gasteiger partial charge in [-0.2, -0.15) is 0 Å². The molecular weight excluding hydrogens is 144 g/mol. The number of carbonyl (C=O) groups excluding carboxylic acids is 2. The van der Waals surface area contributed by atoms with Crippen molar-refractivity contribution in [3.8, 4) is 0 Å². The summed E-state index contributed by atoms with van der Waals surface area (Å²) in [4.78, 5) is 21.0. The molecule has 0 aromatic rings. The van der Waals surface area contributed by atoms with E-state index in [1.54, 1.807) is 0 Å². The van der Waals surface area contributed by atoms with Crippen molar-refractivity contribution in [1.29, 1.82) is 0 Å². The Labute approximate surface area is 66.7 Å². The highest BCUT2D eigenvalue weighted by atomic mass is 16.5. The molecule has 0 aromatic carbocycles. The van der Waals surface area contributed by atoms with Crippen LogP contribution >= 0.6 is 0 Å². The normalized spacial score (nSPS) is 10.9. The van der Waals surface area contributed by atoms with E-state index >= 15 is 0 Å². The fourth-order valence-corrected chi connectivity index (χ4v) is 0.384. The zero-order valence-electron chi connectivity index (χ0n) is 7.43. The van der Waals surface area contributed by atoms with Gasteiger partial charge in [0.1, 0.15) is 0 Å². The van der Waals surface area contributed by atoms with Crippen molar-refractivity contribution in [3.05, 3.63) is 0 Å². The Hall–Kier alpha value is -0.860. The number of hydrogen-bond donors (Lipinski definition) is 0. The molecular formula is C8H14O3. The van der Waals surface area contributed by atoms with Gasteiger partial charge < -0.3 is 4.74 Å². The molecule has 0 aromatic heterocycles. The average Bonchev–Trinajstić information content (AvgIpc) is 1.80. The van der Waals surface area contributed by atoms with Gasteiger partial charge in [-0.25, -0.2) is 4.79 Å². The van der Waals surface area contributed by atoms with Crippen LogP contribution in [0.4, 0.5) is 0 Å². The van der Waals surface area contributed by atoms with Gasteiger partial charge in [-0.1, -0.05) is 20.8 Å². The van der Waals surface area contributed by atoms with E-state index in [0.29, 0.717) is 0 Å². The molecule has 3 nitrogen and oxygen atoms in total. The maximum Gasteiger partial charge on any atom is 0.374 e. The first-order valence-electron chi connectivity index (χ1n) is 3.50. The highest BCUT2D eigenvalue weighted by Gasteiger charge is 2.15. The molecule has 0 bridgehead atoms. The predicted molar refractivity (Wildman–Crippen MR) is 41.1 cm³/mol.